The zero-order chi connectivity index (χ0) is 6.43. The second-order valence-electron chi connectivity index (χ2n) is 3.27. The molecule has 2 N–H and O–H groups in total. The van der Waals surface area contributed by atoms with Gasteiger partial charge in [-0.2, -0.15) is 0 Å². The molecule has 2 saturated carbocycles. The summed E-state index contributed by atoms with van der Waals surface area (Å²) in [6.45, 7) is 0. The number of hydrogen-bond acceptors (Lipinski definition) is 2. The van der Waals surface area contributed by atoms with Crippen molar-refractivity contribution in [1.82, 2.24) is 5.32 Å². The van der Waals surface area contributed by atoms with Crippen molar-refractivity contribution in [3.63, 3.8) is 0 Å². The van der Waals surface area contributed by atoms with E-state index >= 15 is 0 Å². The van der Waals surface area contributed by atoms with Gasteiger partial charge in [-0.1, -0.05) is 0 Å². The smallest absolute Gasteiger partial charge is 0.0547 e. The van der Waals surface area contributed by atoms with Crippen LogP contribution in [0.1, 0.15) is 12.8 Å². The van der Waals surface area contributed by atoms with Gasteiger partial charge in [0.15, 0.2) is 0 Å². The van der Waals surface area contributed by atoms with Crippen LogP contribution in [0.2, 0.25) is 0 Å². The van der Waals surface area contributed by atoms with Gasteiger partial charge in [0.25, 0.3) is 0 Å². The van der Waals surface area contributed by atoms with Gasteiger partial charge < -0.3 is 10.4 Å². The van der Waals surface area contributed by atoms with Gasteiger partial charge in [0.2, 0.25) is 0 Å². The SMILES string of the molecule is CNC1C2CC(O)CC21. The van der Waals surface area contributed by atoms with Crippen molar-refractivity contribution in [2.75, 3.05) is 7.05 Å². The summed E-state index contributed by atoms with van der Waals surface area (Å²) in [5.41, 5.74) is 0. The average Bonchev–Trinajstić information content (AvgIpc) is 2.30. The minimum absolute atomic E-state index is 0.0181. The summed E-state index contributed by atoms with van der Waals surface area (Å²) >= 11 is 0. The first-order valence-corrected chi connectivity index (χ1v) is 3.68. The maximum Gasteiger partial charge on any atom is 0.0547 e. The van der Waals surface area contributed by atoms with Crippen LogP contribution in [-0.4, -0.2) is 24.3 Å². The standard InChI is InChI=1S/C7H13NO/c1-8-7-5-2-4(9)3-6(5)7/h4-9H,2-3H2,1H3. The molecule has 0 amide bonds. The molecule has 0 spiro atoms. The lowest BCUT2D eigenvalue weighted by Gasteiger charge is -2.05. The van der Waals surface area contributed by atoms with Gasteiger partial charge in [-0.25, -0.2) is 0 Å². The van der Waals surface area contributed by atoms with E-state index in [4.69, 9.17) is 5.11 Å². The highest BCUT2D eigenvalue weighted by atomic mass is 16.3. The Morgan fingerprint density at radius 3 is 2.33 bits per heavy atom. The molecule has 2 fully saturated rings. The molecule has 2 rings (SSSR count). The molecule has 0 aromatic heterocycles. The topological polar surface area (TPSA) is 32.3 Å². The van der Waals surface area contributed by atoms with Crippen LogP contribution in [-0.2, 0) is 0 Å². The Balaban J connectivity index is 1.91. The summed E-state index contributed by atoms with van der Waals surface area (Å²) in [5, 5.41) is 12.4. The molecular formula is C7H13NO. The van der Waals surface area contributed by atoms with E-state index in [1.165, 1.54) is 0 Å². The maximum atomic E-state index is 9.12. The third-order valence-corrected chi connectivity index (χ3v) is 2.75. The van der Waals surface area contributed by atoms with Gasteiger partial charge in [0, 0.05) is 6.04 Å². The number of rotatable bonds is 1. The van der Waals surface area contributed by atoms with E-state index in [0.717, 1.165) is 30.7 Å². The van der Waals surface area contributed by atoms with Gasteiger partial charge >= 0.3 is 0 Å². The highest BCUT2D eigenvalue weighted by Crippen LogP contribution is 2.51. The number of aliphatic hydroxyl groups is 1. The molecule has 9 heavy (non-hydrogen) atoms. The molecule has 2 heteroatoms. The Bertz CT molecular complexity index is 114. The van der Waals surface area contributed by atoms with E-state index < -0.39 is 0 Å². The Kier molecular flexibility index (Phi) is 1.08. The van der Waals surface area contributed by atoms with Crippen molar-refractivity contribution in [3.05, 3.63) is 0 Å². The lowest BCUT2D eigenvalue weighted by Crippen LogP contribution is -2.18. The number of hydrogen-bond donors (Lipinski definition) is 2. The van der Waals surface area contributed by atoms with Gasteiger partial charge in [-0.3, -0.25) is 0 Å². The summed E-state index contributed by atoms with van der Waals surface area (Å²) in [6, 6.07) is 0.744. The Hall–Kier alpha value is -0.0800. The first-order chi connectivity index (χ1) is 4.33. The van der Waals surface area contributed by atoms with Crippen LogP contribution in [0.15, 0.2) is 0 Å². The summed E-state index contributed by atoms with van der Waals surface area (Å²) in [4.78, 5) is 0. The van der Waals surface area contributed by atoms with Gasteiger partial charge in [0.05, 0.1) is 6.10 Å². The lowest BCUT2D eigenvalue weighted by molar-refractivity contribution is 0.164. The first-order valence-electron chi connectivity index (χ1n) is 3.68. The molecule has 2 aliphatic rings. The van der Waals surface area contributed by atoms with Crippen LogP contribution in [0.4, 0.5) is 0 Å². The molecule has 2 nitrogen and oxygen atoms in total. The van der Waals surface area contributed by atoms with Gasteiger partial charge in [0.1, 0.15) is 0 Å². The molecule has 0 radical (unpaired) electrons. The molecule has 2 unspecified atom stereocenters. The molecular weight excluding hydrogens is 114 g/mol. The Morgan fingerprint density at radius 2 is 1.89 bits per heavy atom. The Morgan fingerprint density at radius 1 is 1.33 bits per heavy atom. The van der Waals surface area contributed by atoms with Crippen molar-refractivity contribution >= 4 is 0 Å². The summed E-state index contributed by atoms with van der Waals surface area (Å²) < 4.78 is 0. The monoisotopic (exact) mass is 127 g/mol. The molecule has 0 aromatic carbocycles. The second kappa shape index (κ2) is 1.70. The molecule has 0 aromatic rings. The zero-order valence-corrected chi connectivity index (χ0v) is 5.67. The number of fused-ring (bicyclic) bond motifs is 1. The average molecular weight is 127 g/mol. The predicted octanol–water partition coefficient (Wildman–Crippen LogP) is -0.0249. The first kappa shape index (κ1) is 5.69. The molecule has 2 aliphatic carbocycles. The van der Waals surface area contributed by atoms with Crippen LogP contribution in [0.25, 0.3) is 0 Å². The van der Waals surface area contributed by atoms with Crippen LogP contribution < -0.4 is 5.32 Å². The van der Waals surface area contributed by atoms with E-state index in [9.17, 15) is 0 Å². The maximum absolute atomic E-state index is 9.12. The predicted molar refractivity (Wildman–Crippen MR) is 35.1 cm³/mol. The zero-order valence-electron chi connectivity index (χ0n) is 5.67. The third kappa shape index (κ3) is 0.700. The van der Waals surface area contributed by atoms with Crippen LogP contribution >= 0.6 is 0 Å². The van der Waals surface area contributed by atoms with Crippen LogP contribution in [0.5, 0.6) is 0 Å². The lowest BCUT2D eigenvalue weighted by atomic mass is 10.2. The Labute approximate surface area is 55.3 Å². The van der Waals surface area contributed by atoms with Crippen LogP contribution in [0.3, 0.4) is 0 Å². The summed E-state index contributed by atoms with van der Waals surface area (Å²) in [7, 11) is 2.01. The minimum atomic E-state index is 0.0181. The minimum Gasteiger partial charge on any atom is -0.393 e. The van der Waals surface area contributed by atoms with Crippen molar-refractivity contribution in [2.45, 2.75) is 25.0 Å². The fraction of sp³-hybridized carbons (Fsp3) is 1.00. The van der Waals surface area contributed by atoms with Gasteiger partial charge in [-0.15, -0.1) is 0 Å². The largest absolute Gasteiger partial charge is 0.393 e. The fourth-order valence-electron chi connectivity index (χ4n) is 2.24. The summed E-state index contributed by atoms with van der Waals surface area (Å²) in [6.07, 6.45) is 2.09. The molecule has 2 atom stereocenters. The van der Waals surface area contributed by atoms with Crippen LogP contribution in [0, 0.1) is 11.8 Å². The normalized spacial score (nSPS) is 55.3. The van der Waals surface area contributed by atoms with E-state index in [1.54, 1.807) is 0 Å². The highest BCUT2D eigenvalue weighted by molar-refractivity contribution is 5.08. The van der Waals surface area contributed by atoms with E-state index in [-0.39, 0.29) is 6.10 Å². The van der Waals surface area contributed by atoms with E-state index in [1.807, 2.05) is 7.05 Å². The summed E-state index contributed by atoms with van der Waals surface area (Å²) in [5.74, 6) is 1.62. The van der Waals surface area contributed by atoms with Crippen molar-refractivity contribution in [3.8, 4) is 0 Å². The number of aliphatic hydroxyl groups excluding tert-OH is 1. The quantitative estimate of drug-likeness (QED) is 0.518. The molecule has 52 valence electrons. The molecule has 0 saturated heterocycles. The fourth-order valence-corrected chi connectivity index (χ4v) is 2.24. The molecule has 0 bridgehead atoms. The molecule has 0 aliphatic heterocycles. The van der Waals surface area contributed by atoms with E-state index in [0.29, 0.717) is 0 Å². The second-order valence-corrected chi connectivity index (χ2v) is 3.27. The third-order valence-electron chi connectivity index (χ3n) is 2.75. The van der Waals surface area contributed by atoms with Crippen molar-refractivity contribution in [2.24, 2.45) is 11.8 Å². The van der Waals surface area contributed by atoms with E-state index in [2.05, 4.69) is 5.32 Å². The van der Waals surface area contributed by atoms with Crippen molar-refractivity contribution in [1.29, 1.82) is 0 Å². The highest BCUT2D eigenvalue weighted by Gasteiger charge is 2.54. The molecule has 0 heterocycles. The van der Waals surface area contributed by atoms with Crippen molar-refractivity contribution < 1.29 is 5.11 Å². The van der Waals surface area contributed by atoms with Gasteiger partial charge in [-0.05, 0) is 31.7 Å². The number of nitrogens with one attached hydrogen (secondary N) is 1.